The number of piperidine rings is 1. The Morgan fingerprint density at radius 1 is 1.14 bits per heavy atom. The SMILES string of the molecule is C[C@H](NC(=O)COC(=O)C1CCN(C(=O)Nc2ccccc2)CC1)c1cccs1. The fourth-order valence-electron chi connectivity index (χ4n) is 3.19. The topological polar surface area (TPSA) is 87.7 Å². The number of ether oxygens (including phenoxy) is 1. The molecule has 0 spiro atoms. The number of benzene rings is 1. The summed E-state index contributed by atoms with van der Waals surface area (Å²) < 4.78 is 5.19. The minimum Gasteiger partial charge on any atom is -0.455 e. The van der Waals surface area contributed by atoms with Crippen LogP contribution in [0.5, 0.6) is 0 Å². The number of urea groups is 1. The molecule has 154 valence electrons. The van der Waals surface area contributed by atoms with Gasteiger partial charge in [-0.2, -0.15) is 0 Å². The molecule has 1 saturated heterocycles. The van der Waals surface area contributed by atoms with Crippen molar-refractivity contribution in [3.8, 4) is 0 Å². The number of carbonyl (C=O) groups excluding carboxylic acids is 3. The van der Waals surface area contributed by atoms with Gasteiger partial charge in [0.05, 0.1) is 12.0 Å². The molecule has 8 heteroatoms. The van der Waals surface area contributed by atoms with E-state index in [0.29, 0.717) is 25.9 Å². The van der Waals surface area contributed by atoms with E-state index >= 15 is 0 Å². The first-order chi connectivity index (χ1) is 14.0. The molecule has 2 aromatic rings. The molecule has 3 rings (SSSR count). The van der Waals surface area contributed by atoms with E-state index in [-0.39, 0.29) is 36.5 Å². The first kappa shape index (κ1) is 20.9. The van der Waals surface area contributed by atoms with Crippen molar-refractivity contribution >= 4 is 34.9 Å². The third-order valence-corrected chi connectivity index (χ3v) is 5.89. The number of anilines is 1. The first-order valence-electron chi connectivity index (χ1n) is 9.63. The van der Waals surface area contributed by atoms with Crippen molar-refractivity contribution in [3.63, 3.8) is 0 Å². The Labute approximate surface area is 174 Å². The van der Waals surface area contributed by atoms with Crippen LogP contribution in [0.1, 0.15) is 30.7 Å². The number of para-hydroxylation sites is 1. The Hall–Kier alpha value is -2.87. The van der Waals surface area contributed by atoms with Crippen molar-refractivity contribution in [3.05, 3.63) is 52.7 Å². The average Bonchev–Trinajstić information content (AvgIpc) is 3.28. The molecule has 1 atom stereocenters. The van der Waals surface area contributed by atoms with Gasteiger partial charge in [0, 0.05) is 23.7 Å². The maximum Gasteiger partial charge on any atom is 0.321 e. The standard InChI is InChI=1S/C21H25N3O4S/c1-15(18-8-5-13-29-18)22-19(25)14-28-20(26)16-9-11-24(12-10-16)21(27)23-17-6-3-2-4-7-17/h2-8,13,15-16H,9-12,14H2,1H3,(H,22,25)(H,23,27)/t15-/m0/s1. The normalized spacial score (nSPS) is 15.4. The Morgan fingerprint density at radius 3 is 2.52 bits per heavy atom. The smallest absolute Gasteiger partial charge is 0.321 e. The van der Waals surface area contributed by atoms with Crippen LogP contribution < -0.4 is 10.6 Å². The number of esters is 1. The molecular formula is C21H25N3O4S. The Balaban J connectivity index is 1.37. The molecule has 2 N–H and O–H groups in total. The second-order valence-electron chi connectivity index (χ2n) is 6.97. The average molecular weight is 416 g/mol. The summed E-state index contributed by atoms with van der Waals surface area (Å²) >= 11 is 1.56. The lowest BCUT2D eigenvalue weighted by Crippen LogP contribution is -2.43. The number of hydrogen-bond donors (Lipinski definition) is 2. The predicted molar refractivity (Wildman–Crippen MR) is 112 cm³/mol. The van der Waals surface area contributed by atoms with Crippen LogP contribution in [0.25, 0.3) is 0 Å². The first-order valence-corrected chi connectivity index (χ1v) is 10.5. The van der Waals surface area contributed by atoms with E-state index in [2.05, 4.69) is 10.6 Å². The highest BCUT2D eigenvalue weighted by molar-refractivity contribution is 7.10. The number of carbonyl (C=O) groups is 3. The molecule has 7 nitrogen and oxygen atoms in total. The third-order valence-electron chi connectivity index (χ3n) is 4.83. The summed E-state index contributed by atoms with van der Waals surface area (Å²) in [6, 6.07) is 12.8. The molecule has 0 radical (unpaired) electrons. The van der Waals surface area contributed by atoms with Crippen LogP contribution in [-0.2, 0) is 14.3 Å². The molecule has 1 aliphatic rings. The van der Waals surface area contributed by atoms with E-state index in [1.165, 1.54) is 0 Å². The van der Waals surface area contributed by atoms with Gasteiger partial charge in [-0.25, -0.2) is 4.79 Å². The monoisotopic (exact) mass is 415 g/mol. The van der Waals surface area contributed by atoms with Gasteiger partial charge >= 0.3 is 12.0 Å². The van der Waals surface area contributed by atoms with Crippen LogP contribution in [0.3, 0.4) is 0 Å². The minimum absolute atomic E-state index is 0.118. The molecule has 2 heterocycles. The van der Waals surface area contributed by atoms with Crippen molar-refractivity contribution in [1.82, 2.24) is 10.2 Å². The maximum absolute atomic E-state index is 12.3. The van der Waals surface area contributed by atoms with Crippen LogP contribution in [0.2, 0.25) is 0 Å². The zero-order chi connectivity index (χ0) is 20.6. The number of nitrogens with zero attached hydrogens (tertiary/aromatic N) is 1. The predicted octanol–water partition coefficient (Wildman–Crippen LogP) is 3.41. The lowest BCUT2D eigenvalue weighted by atomic mass is 9.97. The molecule has 0 aliphatic carbocycles. The number of amides is 3. The van der Waals surface area contributed by atoms with Gasteiger partial charge in [0.15, 0.2) is 6.61 Å². The number of nitrogens with one attached hydrogen (secondary N) is 2. The fraction of sp³-hybridized carbons (Fsp3) is 0.381. The van der Waals surface area contributed by atoms with Crippen molar-refractivity contribution < 1.29 is 19.1 Å². The second-order valence-corrected chi connectivity index (χ2v) is 7.95. The second kappa shape index (κ2) is 10.1. The zero-order valence-corrected chi connectivity index (χ0v) is 17.1. The molecular weight excluding hydrogens is 390 g/mol. The summed E-state index contributed by atoms with van der Waals surface area (Å²) in [5, 5.41) is 7.61. The number of rotatable bonds is 6. The van der Waals surface area contributed by atoms with Crippen molar-refractivity contribution in [2.24, 2.45) is 5.92 Å². The molecule has 1 fully saturated rings. The molecule has 29 heavy (non-hydrogen) atoms. The van der Waals surface area contributed by atoms with Crippen molar-refractivity contribution in [1.29, 1.82) is 0 Å². The van der Waals surface area contributed by atoms with Gasteiger partial charge in [0.25, 0.3) is 5.91 Å². The lowest BCUT2D eigenvalue weighted by molar-refractivity contribution is -0.154. The van der Waals surface area contributed by atoms with Crippen molar-refractivity contribution in [2.75, 3.05) is 25.0 Å². The lowest BCUT2D eigenvalue weighted by Gasteiger charge is -2.30. The molecule has 1 aromatic heterocycles. The molecule has 3 amide bonds. The number of thiophene rings is 1. The molecule has 1 aliphatic heterocycles. The summed E-state index contributed by atoms with van der Waals surface area (Å²) in [5.41, 5.74) is 0.738. The van der Waals surface area contributed by atoms with E-state index in [4.69, 9.17) is 4.74 Å². The molecule has 1 aromatic carbocycles. The van der Waals surface area contributed by atoms with Crippen LogP contribution in [0.4, 0.5) is 10.5 Å². The summed E-state index contributed by atoms with van der Waals surface area (Å²) in [4.78, 5) is 39.3. The highest BCUT2D eigenvalue weighted by Crippen LogP contribution is 2.20. The Kier molecular flexibility index (Phi) is 7.24. The van der Waals surface area contributed by atoms with Crippen LogP contribution in [0, 0.1) is 5.92 Å². The quantitative estimate of drug-likeness (QED) is 0.708. The summed E-state index contributed by atoms with van der Waals surface area (Å²) in [7, 11) is 0. The van der Waals surface area contributed by atoms with Crippen LogP contribution in [0.15, 0.2) is 47.8 Å². The van der Waals surface area contributed by atoms with E-state index in [1.54, 1.807) is 16.2 Å². The maximum atomic E-state index is 12.3. The van der Waals surface area contributed by atoms with Gasteiger partial charge in [-0.05, 0) is 43.3 Å². The third kappa shape index (κ3) is 6.05. The van der Waals surface area contributed by atoms with Gasteiger partial charge in [-0.3, -0.25) is 9.59 Å². The number of hydrogen-bond acceptors (Lipinski definition) is 5. The number of likely N-dealkylation sites (tertiary alicyclic amines) is 1. The summed E-state index contributed by atoms with van der Waals surface area (Å²) in [5.74, 6) is -0.996. The van der Waals surface area contributed by atoms with Crippen LogP contribution in [-0.4, -0.2) is 42.5 Å². The fourth-order valence-corrected chi connectivity index (χ4v) is 3.92. The Morgan fingerprint density at radius 2 is 1.86 bits per heavy atom. The van der Waals surface area contributed by atoms with Gasteiger partial charge in [-0.15, -0.1) is 11.3 Å². The zero-order valence-electron chi connectivity index (χ0n) is 16.3. The summed E-state index contributed by atoms with van der Waals surface area (Å²) in [6.45, 7) is 2.55. The van der Waals surface area contributed by atoms with E-state index in [0.717, 1.165) is 10.6 Å². The van der Waals surface area contributed by atoms with E-state index in [1.807, 2.05) is 54.8 Å². The van der Waals surface area contributed by atoms with Gasteiger partial charge in [-0.1, -0.05) is 24.3 Å². The largest absolute Gasteiger partial charge is 0.455 e. The highest BCUT2D eigenvalue weighted by Gasteiger charge is 2.29. The van der Waals surface area contributed by atoms with Gasteiger partial charge in [0.1, 0.15) is 0 Å². The molecule has 0 bridgehead atoms. The Bertz CT molecular complexity index is 818. The van der Waals surface area contributed by atoms with Gasteiger partial charge < -0.3 is 20.3 Å². The van der Waals surface area contributed by atoms with Crippen LogP contribution >= 0.6 is 11.3 Å². The van der Waals surface area contributed by atoms with Gasteiger partial charge in [0.2, 0.25) is 0 Å². The summed E-state index contributed by atoms with van der Waals surface area (Å²) in [6.07, 6.45) is 1.04. The van der Waals surface area contributed by atoms with E-state index in [9.17, 15) is 14.4 Å². The minimum atomic E-state index is -0.382. The van der Waals surface area contributed by atoms with Crippen molar-refractivity contribution in [2.45, 2.75) is 25.8 Å². The highest BCUT2D eigenvalue weighted by atomic mass is 32.1. The van der Waals surface area contributed by atoms with E-state index < -0.39 is 0 Å². The molecule has 0 unspecified atom stereocenters. The molecule has 0 saturated carbocycles.